The minimum Gasteiger partial charge on any atom is -0.619 e. The summed E-state index contributed by atoms with van der Waals surface area (Å²) in [6.45, 7) is 4.93. The first kappa shape index (κ1) is 20.4. The van der Waals surface area contributed by atoms with E-state index < -0.39 is 0 Å². The molecule has 5 aromatic rings. The largest absolute Gasteiger partial charge is 0.619 e. The van der Waals surface area contributed by atoms with Crippen molar-refractivity contribution in [1.82, 2.24) is 24.4 Å². The zero-order chi connectivity index (χ0) is 23.1. The van der Waals surface area contributed by atoms with Gasteiger partial charge in [-0.15, -0.1) is 0 Å². The molecule has 1 aromatic carbocycles. The third kappa shape index (κ3) is 3.75. The van der Waals surface area contributed by atoms with E-state index >= 15 is 0 Å². The average Bonchev–Trinajstić information content (AvgIpc) is 3.52. The molecule has 0 N–H and O–H groups in total. The van der Waals surface area contributed by atoms with E-state index in [0.29, 0.717) is 24.7 Å². The third-order valence-electron chi connectivity index (χ3n) is 5.97. The highest BCUT2D eigenvalue weighted by Gasteiger charge is 2.19. The number of pyridine rings is 1. The Kier molecular flexibility index (Phi) is 4.96. The topological polar surface area (TPSA) is 87.4 Å². The number of benzene rings is 1. The number of fused-ring (bicyclic) bond motifs is 1. The average molecular weight is 454 g/mol. The maximum atomic E-state index is 11.5. The Bertz CT molecular complexity index is 1470. The summed E-state index contributed by atoms with van der Waals surface area (Å²) in [5.74, 6) is 1.64. The van der Waals surface area contributed by atoms with Crippen molar-refractivity contribution in [3.63, 3.8) is 0 Å². The van der Waals surface area contributed by atoms with Crippen LogP contribution in [0.3, 0.4) is 0 Å². The number of ether oxygens (including phenoxy) is 1. The predicted octanol–water partition coefficient (Wildman–Crippen LogP) is 3.03. The van der Waals surface area contributed by atoms with Gasteiger partial charge in [-0.3, -0.25) is 0 Å². The van der Waals surface area contributed by atoms with Gasteiger partial charge in [-0.05, 0) is 19.1 Å². The monoisotopic (exact) mass is 453 g/mol. The van der Waals surface area contributed by atoms with E-state index in [4.69, 9.17) is 19.9 Å². The lowest BCUT2D eigenvalue weighted by molar-refractivity contribution is -0.605. The van der Waals surface area contributed by atoms with Crippen LogP contribution >= 0.6 is 0 Å². The number of hydrogen-bond donors (Lipinski definition) is 0. The summed E-state index contributed by atoms with van der Waals surface area (Å²) in [6, 6.07) is 17.8. The molecule has 0 bridgehead atoms. The third-order valence-corrected chi connectivity index (χ3v) is 5.97. The Morgan fingerprint density at radius 2 is 1.74 bits per heavy atom. The van der Waals surface area contributed by atoms with Crippen LogP contribution in [0.5, 0.6) is 0 Å². The van der Waals surface area contributed by atoms with Gasteiger partial charge in [-0.1, -0.05) is 23.8 Å². The molecule has 9 nitrogen and oxygen atoms in total. The van der Waals surface area contributed by atoms with E-state index in [9.17, 15) is 5.21 Å². The van der Waals surface area contributed by atoms with Crippen molar-refractivity contribution in [3.05, 3.63) is 84.0 Å². The van der Waals surface area contributed by atoms with Crippen LogP contribution in [0.15, 0.2) is 73.2 Å². The molecular formula is C25H23N7O2. The molecule has 0 atom stereocenters. The minimum absolute atomic E-state index is 0.661. The zero-order valence-electron chi connectivity index (χ0n) is 18.7. The van der Waals surface area contributed by atoms with Crippen LogP contribution in [-0.4, -0.2) is 50.7 Å². The molecule has 9 heteroatoms. The highest BCUT2D eigenvalue weighted by Crippen LogP contribution is 2.26. The highest BCUT2D eigenvalue weighted by molar-refractivity contribution is 5.66. The van der Waals surface area contributed by atoms with E-state index in [1.165, 1.54) is 18.0 Å². The summed E-state index contributed by atoms with van der Waals surface area (Å²) >= 11 is 0. The molecule has 1 aliphatic heterocycles. The first-order chi connectivity index (χ1) is 16.6. The Labute approximate surface area is 196 Å². The van der Waals surface area contributed by atoms with Crippen molar-refractivity contribution in [1.29, 1.82) is 0 Å². The van der Waals surface area contributed by atoms with E-state index in [1.807, 2.05) is 35.0 Å². The predicted molar refractivity (Wildman–Crippen MR) is 128 cm³/mol. The highest BCUT2D eigenvalue weighted by atomic mass is 16.5. The quantitative estimate of drug-likeness (QED) is 0.307. The van der Waals surface area contributed by atoms with Gasteiger partial charge in [0.05, 0.1) is 24.6 Å². The van der Waals surface area contributed by atoms with E-state index in [2.05, 4.69) is 30.0 Å². The lowest BCUT2D eigenvalue weighted by atomic mass is 10.1. The molecule has 0 unspecified atom stereocenters. The molecule has 1 aliphatic rings. The fourth-order valence-corrected chi connectivity index (χ4v) is 4.22. The van der Waals surface area contributed by atoms with Crippen molar-refractivity contribution < 1.29 is 9.47 Å². The Hall–Kier alpha value is -4.24. The van der Waals surface area contributed by atoms with Gasteiger partial charge in [0.1, 0.15) is 5.82 Å². The molecule has 0 amide bonds. The van der Waals surface area contributed by atoms with Gasteiger partial charge < -0.3 is 14.8 Å². The molecule has 0 saturated carbocycles. The Morgan fingerprint density at radius 3 is 2.53 bits per heavy atom. The van der Waals surface area contributed by atoms with Gasteiger partial charge in [0, 0.05) is 54.7 Å². The van der Waals surface area contributed by atoms with Gasteiger partial charge in [-0.25, -0.2) is 9.67 Å². The van der Waals surface area contributed by atoms with Crippen molar-refractivity contribution >= 4 is 11.5 Å². The fourth-order valence-electron chi connectivity index (χ4n) is 4.22. The molecule has 170 valence electrons. The molecular weight excluding hydrogens is 430 g/mol. The van der Waals surface area contributed by atoms with Gasteiger partial charge in [-0.2, -0.15) is 19.4 Å². The normalized spacial score (nSPS) is 14.1. The molecule has 0 radical (unpaired) electrons. The van der Waals surface area contributed by atoms with E-state index in [1.54, 1.807) is 16.8 Å². The maximum Gasteiger partial charge on any atom is 0.181 e. The first-order valence-corrected chi connectivity index (χ1v) is 11.2. The summed E-state index contributed by atoms with van der Waals surface area (Å²) in [7, 11) is 0. The number of aryl methyl sites for hydroxylation is 1. The summed E-state index contributed by atoms with van der Waals surface area (Å²) < 4.78 is 9.98. The lowest BCUT2D eigenvalue weighted by Gasteiger charge is -2.29. The van der Waals surface area contributed by atoms with Gasteiger partial charge >= 0.3 is 0 Å². The zero-order valence-corrected chi connectivity index (χ0v) is 18.7. The summed E-state index contributed by atoms with van der Waals surface area (Å²) in [5.41, 5.74) is 5.47. The van der Waals surface area contributed by atoms with Crippen molar-refractivity contribution in [2.75, 3.05) is 31.2 Å². The van der Waals surface area contributed by atoms with Crippen LogP contribution in [0.25, 0.3) is 34.0 Å². The minimum atomic E-state index is 0.661. The van der Waals surface area contributed by atoms with Crippen LogP contribution < -0.4 is 9.63 Å². The molecule has 4 aromatic heterocycles. The van der Waals surface area contributed by atoms with Crippen LogP contribution in [0, 0.1) is 12.1 Å². The fraction of sp³-hybridized carbons (Fsp3) is 0.200. The van der Waals surface area contributed by atoms with Gasteiger partial charge in [0.2, 0.25) is 0 Å². The SMILES string of the molecule is Cc1cccc(-c2ccn(-c3cc(N4CCOCC4)n4nc(-c5cc[n+]([O-])cc5)cc4n3)n2)c1. The molecule has 34 heavy (non-hydrogen) atoms. The van der Waals surface area contributed by atoms with E-state index in [0.717, 1.165) is 46.2 Å². The van der Waals surface area contributed by atoms with Gasteiger partial charge in [0.15, 0.2) is 23.9 Å². The first-order valence-electron chi connectivity index (χ1n) is 11.2. The maximum absolute atomic E-state index is 11.5. The Morgan fingerprint density at radius 1 is 0.912 bits per heavy atom. The lowest BCUT2D eigenvalue weighted by Crippen LogP contribution is -2.37. The standard InChI is InChI=1S/C25H23N7O2/c1-18-3-2-4-20(15-18)21-7-10-31(27-21)23-17-25(29-11-13-34-14-12-29)32-24(26-23)16-22(28-32)19-5-8-30(33)9-6-19/h2-10,15-17H,11-14H2,1H3. The molecule has 1 saturated heterocycles. The molecule has 1 fully saturated rings. The smallest absolute Gasteiger partial charge is 0.181 e. The number of rotatable bonds is 4. The Balaban J connectivity index is 1.46. The molecule has 0 aliphatic carbocycles. The summed E-state index contributed by atoms with van der Waals surface area (Å²) in [6.07, 6.45) is 4.87. The van der Waals surface area contributed by atoms with Crippen LogP contribution in [0.1, 0.15) is 5.56 Å². The second kappa shape index (κ2) is 8.27. The number of nitrogens with zero attached hydrogens (tertiary/aromatic N) is 7. The summed E-state index contributed by atoms with van der Waals surface area (Å²) in [5, 5.41) is 21.1. The second-order valence-electron chi connectivity index (χ2n) is 8.33. The van der Waals surface area contributed by atoms with E-state index in [-0.39, 0.29) is 0 Å². The molecule has 5 heterocycles. The van der Waals surface area contributed by atoms with Crippen molar-refractivity contribution in [3.8, 4) is 28.3 Å². The summed E-state index contributed by atoms with van der Waals surface area (Å²) in [4.78, 5) is 7.12. The molecule has 6 rings (SSSR count). The number of morpholine rings is 1. The second-order valence-corrected chi connectivity index (χ2v) is 8.33. The van der Waals surface area contributed by atoms with Gasteiger partial charge in [0.25, 0.3) is 0 Å². The van der Waals surface area contributed by atoms with Crippen LogP contribution in [-0.2, 0) is 4.74 Å². The number of anilines is 1. The van der Waals surface area contributed by atoms with Crippen LogP contribution in [0.4, 0.5) is 5.82 Å². The van der Waals surface area contributed by atoms with Crippen molar-refractivity contribution in [2.45, 2.75) is 6.92 Å². The number of aromatic nitrogens is 6. The number of hydrogen-bond acceptors (Lipinski definition) is 6. The molecule has 0 spiro atoms. The van der Waals surface area contributed by atoms with Crippen LogP contribution in [0.2, 0.25) is 0 Å². The van der Waals surface area contributed by atoms with Crippen molar-refractivity contribution in [2.24, 2.45) is 0 Å².